The largest absolute Gasteiger partial charge is 0.477 e. The number of carboxylic acid groups (broad SMARTS) is 1. The molecule has 22 heavy (non-hydrogen) atoms. The number of hydrogen-bond donors (Lipinski definition) is 2. The van der Waals surface area contributed by atoms with Crippen molar-refractivity contribution < 1.29 is 18.7 Å². The molecule has 0 bridgehead atoms. The molecule has 0 aliphatic carbocycles. The van der Waals surface area contributed by atoms with E-state index >= 15 is 0 Å². The van der Waals surface area contributed by atoms with Gasteiger partial charge in [-0.05, 0) is 30.3 Å². The second-order valence-electron chi connectivity index (χ2n) is 4.65. The van der Waals surface area contributed by atoms with Crippen molar-refractivity contribution in [1.29, 1.82) is 0 Å². The number of carboxylic acids is 1. The fraction of sp³-hybridized carbons (Fsp3) is 0. The lowest BCUT2D eigenvalue weighted by Gasteiger charge is -2.07. The number of halogens is 2. The molecule has 3 aromatic rings. The van der Waals surface area contributed by atoms with Crippen molar-refractivity contribution in [3.8, 4) is 22.4 Å². The van der Waals surface area contributed by atoms with Crippen LogP contribution in [0.3, 0.4) is 0 Å². The molecule has 0 radical (unpaired) electrons. The van der Waals surface area contributed by atoms with Gasteiger partial charge in [0.05, 0.1) is 5.69 Å². The van der Waals surface area contributed by atoms with Crippen LogP contribution < -0.4 is 0 Å². The van der Waals surface area contributed by atoms with E-state index < -0.39 is 17.6 Å². The van der Waals surface area contributed by atoms with Crippen LogP contribution in [0.2, 0.25) is 0 Å². The average Bonchev–Trinajstić information content (AvgIpc) is 2.99. The molecule has 110 valence electrons. The smallest absolute Gasteiger partial charge is 0.353 e. The minimum absolute atomic E-state index is 0.0771. The third kappa shape index (κ3) is 2.46. The number of aromatic nitrogens is 2. The van der Waals surface area contributed by atoms with E-state index in [2.05, 4.69) is 10.2 Å². The molecule has 6 heteroatoms. The average molecular weight is 300 g/mol. The molecule has 0 saturated carbocycles. The van der Waals surface area contributed by atoms with Gasteiger partial charge in [-0.2, -0.15) is 5.10 Å². The van der Waals surface area contributed by atoms with E-state index in [1.807, 2.05) is 0 Å². The van der Waals surface area contributed by atoms with Crippen molar-refractivity contribution in [3.05, 3.63) is 65.9 Å². The van der Waals surface area contributed by atoms with E-state index in [4.69, 9.17) is 5.11 Å². The molecular formula is C16H10F2N2O2. The Bertz CT molecular complexity index is 859. The zero-order chi connectivity index (χ0) is 15.7. The first-order valence-corrected chi connectivity index (χ1v) is 6.40. The second-order valence-corrected chi connectivity index (χ2v) is 4.65. The van der Waals surface area contributed by atoms with E-state index in [9.17, 15) is 13.6 Å². The minimum Gasteiger partial charge on any atom is -0.477 e. The maximum absolute atomic E-state index is 14.0. The van der Waals surface area contributed by atoms with Gasteiger partial charge in [0.15, 0.2) is 0 Å². The summed E-state index contributed by atoms with van der Waals surface area (Å²) in [6.45, 7) is 0. The van der Waals surface area contributed by atoms with Crippen molar-refractivity contribution in [1.82, 2.24) is 10.2 Å². The molecule has 1 heterocycles. The molecule has 3 rings (SSSR count). The molecule has 0 saturated heterocycles. The Hall–Kier alpha value is -3.02. The predicted octanol–water partition coefficient (Wildman–Crippen LogP) is 3.72. The number of hydrogen-bond acceptors (Lipinski definition) is 2. The Balaban J connectivity index is 2.10. The van der Waals surface area contributed by atoms with Crippen molar-refractivity contribution in [2.45, 2.75) is 0 Å². The summed E-state index contributed by atoms with van der Waals surface area (Å²) >= 11 is 0. The van der Waals surface area contributed by atoms with Gasteiger partial charge >= 0.3 is 5.97 Å². The molecule has 0 spiro atoms. The van der Waals surface area contributed by atoms with Gasteiger partial charge < -0.3 is 5.11 Å². The fourth-order valence-corrected chi connectivity index (χ4v) is 2.15. The lowest BCUT2D eigenvalue weighted by molar-refractivity contribution is 0.0690. The number of carbonyl (C=O) groups is 1. The molecular weight excluding hydrogens is 290 g/mol. The molecule has 2 N–H and O–H groups in total. The highest BCUT2D eigenvalue weighted by Crippen LogP contribution is 2.29. The number of aromatic carboxylic acids is 1. The van der Waals surface area contributed by atoms with Gasteiger partial charge in [0.1, 0.15) is 17.3 Å². The summed E-state index contributed by atoms with van der Waals surface area (Å²) in [7, 11) is 0. The second kappa shape index (κ2) is 5.40. The maximum atomic E-state index is 14.0. The molecule has 2 aromatic carbocycles. The van der Waals surface area contributed by atoms with Crippen molar-refractivity contribution in [3.63, 3.8) is 0 Å². The third-order valence-corrected chi connectivity index (χ3v) is 3.23. The van der Waals surface area contributed by atoms with Gasteiger partial charge in [0.2, 0.25) is 0 Å². The van der Waals surface area contributed by atoms with E-state index in [0.717, 1.165) is 0 Å². The lowest BCUT2D eigenvalue weighted by atomic mass is 10.0. The molecule has 4 nitrogen and oxygen atoms in total. The van der Waals surface area contributed by atoms with Crippen LogP contribution in [-0.2, 0) is 0 Å². The minimum atomic E-state index is -1.14. The van der Waals surface area contributed by atoms with Crippen LogP contribution >= 0.6 is 0 Å². The number of aromatic amines is 1. The molecule has 0 amide bonds. The number of H-pyrrole nitrogens is 1. The van der Waals surface area contributed by atoms with Crippen molar-refractivity contribution in [2.24, 2.45) is 0 Å². The number of rotatable bonds is 3. The van der Waals surface area contributed by atoms with Gasteiger partial charge in [-0.3, -0.25) is 5.10 Å². The summed E-state index contributed by atoms with van der Waals surface area (Å²) in [4.78, 5) is 10.9. The van der Waals surface area contributed by atoms with E-state index in [1.54, 1.807) is 6.07 Å². The van der Waals surface area contributed by atoms with Gasteiger partial charge in [-0.1, -0.05) is 18.2 Å². The van der Waals surface area contributed by atoms with E-state index in [1.165, 1.54) is 42.5 Å². The van der Waals surface area contributed by atoms with Crippen molar-refractivity contribution >= 4 is 5.97 Å². The van der Waals surface area contributed by atoms with Crippen LogP contribution in [0.1, 0.15) is 10.5 Å². The first-order chi connectivity index (χ1) is 10.6. The van der Waals surface area contributed by atoms with Crippen LogP contribution in [0, 0.1) is 11.6 Å². The highest BCUT2D eigenvalue weighted by Gasteiger charge is 2.14. The first-order valence-electron chi connectivity index (χ1n) is 6.40. The van der Waals surface area contributed by atoms with Crippen LogP contribution in [-0.4, -0.2) is 21.3 Å². The molecule has 0 unspecified atom stereocenters. The summed E-state index contributed by atoms with van der Waals surface area (Å²) in [6.07, 6.45) is 0. The normalized spacial score (nSPS) is 10.6. The third-order valence-electron chi connectivity index (χ3n) is 3.23. The Kier molecular flexibility index (Phi) is 3.42. The predicted molar refractivity (Wildman–Crippen MR) is 76.3 cm³/mol. The molecule has 0 atom stereocenters. The molecule has 1 aromatic heterocycles. The van der Waals surface area contributed by atoms with Gasteiger partial charge in [-0.15, -0.1) is 0 Å². The summed E-state index contributed by atoms with van der Waals surface area (Å²) in [5.74, 6) is -2.25. The van der Waals surface area contributed by atoms with Gasteiger partial charge in [-0.25, -0.2) is 13.6 Å². The van der Waals surface area contributed by atoms with Crippen LogP contribution in [0.15, 0.2) is 48.5 Å². The van der Waals surface area contributed by atoms with E-state index in [0.29, 0.717) is 11.3 Å². The topological polar surface area (TPSA) is 66.0 Å². The molecule has 0 fully saturated rings. The van der Waals surface area contributed by atoms with Gasteiger partial charge in [0.25, 0.3) is 0 Å². The lowest BCUT2D eigenvalue weighted by Crippen LogP contribution is -1.95. The number of nitrogens with zero attached hydrogens (tertiary/aromatic N) is 1. The summed E-state index contributed by atoms with van der Waals surface area (Å²) < 4.78 is 27.8. The Morgan fingerprint density at radius 3 is 2.41 bits per heavy atom. The highest BCUT2D eigenvalue weighted by atomic mass is 19.1. The summed E-state index contributed by atoms with van der Waals surface area (Å²) in [5, 5.41) is 15.1. The van der Waals surface area contributed by atoms with E-state index in [-0.39, 0.29) is 16.8 Å². The zero-order valence-electron chi connectivity index (χ0n) is 11.2. The highest BCUT2D eigenvalue weighted by molar-refractivity contribution is 5.87. The van der Waals surface area contributed by atoms with Crippen LogP contribution in [0.5, 0.6) is 0 Å². The Labute approximate surface area is 124 Å². The van der Waals surface area contributed by atoms with Gasteiger partial charge in [0, 0.05) is 16.7 Å². The Morgan fingerprint density at radius 1 is 1.00 bits per heavy atom. The van der Waals surface area contributed by atoms with Crippen LogP contribution in [0.25, 0.3) is 22.4 Å². The monoisotopic (exact) mass is 300 g/mol. The summed E-state index contributed by atoms with van der Waals surface area (Å²) in [6, 6.07) is 11.3. The van der Waals surface area contributed by atoms with Crippen LogP contribution in [0.4, 0.5) is 8.78 Å². The SMILES string of the molecule is O=C(O)c1cc(-c2ccc(F)c(-c3ccccc3F)c2)n[nH]1. The fourth-order valence-electron chi connectivity index (χ4n) is 2.15. The maximum Gasteiger partial charge on any atom is 0.353 e. The Morgan fingerprint density at radius 2 is 1.73 bits per heavy atom. The summed E-state index contributed by atoms with van der Waals surface area (Å²) in [5.41, 5.74) is 0.983. The standard InChI is InChI=1S/C16H10F2N2O2/c17-12-4-2-1-3-10(12)11-7-9(5-6-13(11)18)14-8-15(16(21)22)20-19-14/h1-8H,(H,19,20)(H,21,22). The number of benzene rings is 2. The zero-order valence-corrected chi connectivity index (χ0v) is 11.2. The first kappa shape index (κ1) is 13.9. The molecule has 0 aliphatic heterocycles. The molecule has 0 aliphatic rings. The quantitative estimate of drug-likeness (QED) is 0.774. The number of nitrogens with one attached hydrogen (secondary N) is 1. The van der Waals surface area contributed by atoms with Crippen molar-refractivity contribution in [2.75, 3.05) is 0 Å².